The van der Waals surface area contributed by atoms with Crippen LogP contribution in [-0.4, -0.2) is 47.0 Å². The summed E-state index contributed by atoms with van der Waals surface area (Å²) < 4.78 is 39.4. The number of amides is 1. The van der Waals surface area contributed by atoms with Crippen LogP contribution in [0, 0.1) is 19.8 Å². The number of hydrogen-bond acceptors (Lipinski definition) is 4. The van der Waals surface area contributed by atoms with Crippen molar-refractivity contribution in [1.29, 1.82) is 0 Å². The standard InChI is InChI=1S/C23H27F3N4O/c1-15-20(14-17-5-3-8-19(13-17)23(24,25)26)21(28-16(2)27-15)29-9-11-30(12-10-29)22(31)18-6-4-7-18/h3,5,8,13,18H,4,6-7,9-12,14H2,1-2H3. The van der Waals surface area contributed by atoms with Crippen LogP contribution >= 0.6 is 0 Å². The molecule has 1 amide bonds. The molecule has 0 unspecified atom stereocenters. The molecule has 0 atom stereocenters. The second-order valence-electron chi connectivity index (χ2n) is 8.47. The van der Waals surface area contributed by atoms with Gasteiger partial charge in [-0.05, 0) is 38.3 Å². The molecule has 31 heavy (non-hydrogen) atoms. The number of aryl methyl sites for hydroxylation is 2. The van der Waals surface area contributed by atoms with Crippen LogP contribution in [0.25, 0.3) is 0 Å². The van der Waals surface area contributed by atoms with Crippen molar-refractivity contribution in [3.05, 3.63) is 52.5 Å². The highest BCUT2D eigenvalue weighted by Crippen LogP contribution is 2.32. The SMILES string of the molecule is Cc1nc(C)c(Cc2cccc(C(F)(F)F)c2)c(N2CCN(C(=O)C3CCC3)CC2)n1. The Morgan fingerprint density at radius 3 is 2.42 bits per heavy atom. The molecule has 2 aromatic rings. The summed E-state index contributed by atoms with van der Waals surface area (Å²) in [4.78, 5) is 25.7. The lowest BCUT2D eigenvalue weighted by atomic mass is 9.84. The zero-order valence-electron chi connectivity index (χ0n) is 17.9. The number of nitrogens with zero attached hydrogens (tertiary/aromatic N) is 4. The van der Waals surface area contributed by atoms with Crippen molar-refractivity contribution in [2.75, 3.05) is 31.1 Å². The van der Waals surface area contributed by atoms with Crippen molar-refractivity contribution in [2.24, 2.45) is 5.92 Å². The molecule has 1 saturated carbocycles. The van der Waals surface area contributed by atoms with E-state index in [0.29, 0.717) is 44.0 Å². The summed E-state index contributed by atoms with van der Waals surface area (Å²) in [7, 11) is 0. The molecule has 0 N–H and O–H groups in total. The van der Waals surface area contributed by atoms with Crippen LogP contribution in [0.4, 0.5) is 19.0 Å². The lowest BCUT2D eigenvalue weighted by Gasteiger charge is -2.39. The lowest BCUT2D eigenvalue weighted by Crippen LogP contribution is -2.51. The number of halogens is 3. The molecular formula is C23H27F3N4O. The fourth-order valence-corrected chi connectivity index (χ4v) is 4.30. The van der Waals surface area contributed by atoms with Gasteiger partial charge in [0.25, 0.3) is 0 Å². The van der Waals surface area contributed by atoms with Crippen molar-refractivity contribution in [2.45, 2.75) is 45.7 Å². The number of benzene rings is 1. The Balaban J connectivity index is 1.55. The molecule has 1 aromatic heterocycles. The van der Waals surface area contributed by atoms with Crippen molar-refractivity contribution in [1.82, 2.24) is 14.9 Å². The number of carbonyl (C=O) groups is 1. The van der Waals surface area contributed by atoms with Crippen molar-refractivity contribution >= 4 is 11.7 Å². The van der Waals surface area contributed by atoms with Crippen LogP contribution in [0.5, 0.6) is 0 Å². The number of alkyl halides is 3. The summed E-state index contributed by atoms with van der Waals surface area (Å²) in [5, 5.41) is 0. The quantitative estimate of drug-likeness (QED) is 0.728. The maximum Gasteiger partial charge on any atom is 0.416 e. The molecule has 0 bridgehead atoms. The molecule has 1 aliphatic heterocycles. The zero-order chi connectivity index (χ0) is 22.2. The summed E-state index contributed by atoms with van der Waals surface area (Å²) in [6.07, 6.45) is -0.933. The van der Waals surface area contributed by atoms with E-state index in [2.05, 4.69) is 14.9 Å². The van der Waals surface area contributed by atoms with Gasteiger partial charge in [0, 0.05) is 49.8 Å². The molecule has 1 saturated heterocycles. The maximum atomic E-state index is 13.1. The summed E-state index contributed by atoms with van der Waals surface area (Å²) in [5.41, 5.74) is 1.53. The minimum absolute atomic E-state index is 0.187. The van der Waals surface area contributed by atoms with E-state index in [-0.39, 0.29) is 11.8 Å². The van der Waals surface area contributed by atoms with Crippen LogP contribution in [0.3, 0.4) is 0 Å². The Kier molecular flexibility index (Phi) is 5.90. The predicted octanol–water partition coefficient (Wildman–Crippen LogP) is 4.15. The van der Waals surface area contributed by atoms with E-state index in [1.165, 1.54) is 12.1 Å². The molecule has 166 valence electrons. The third kappa shape index (κ3) is 4.67. The van der Waals surface area contributed by atoms with Gasteiger partial charge >= 0.3 is 6.18 Å². The average molecular weight is 432 g/mol. The molecule has 0 spiro atoms. The van der Waals surface area contributed by atoms with Crippen LogP contribution in [0.1, 0.15) is 47.5 Å². The van der Waals surface area contributed by atoms with Gasteiger partial charge < -0.3 is 9.80 Å². The Bertz CT molecular complexity index is 964. The Hall–Kier alpha value is -2.64. The van der Waals surface area contributed by atoms with Gasteiger partial charge in [0.2, 0.25) is 5.91 Å². The van der Waals surface area contributed by atoms with Gasteiger partial charge in [-0.15, -0.1) is 0 Å². The smallest absolute Gasteiger partial charge is 0.353 e. The molecular weight excluding hydrogens is 405 g/mol. The van der Waals surface area contributed by atoms with E-state index < -0.39 is 11.7 Å². The fourth-order valence-electron chi connectivity index (χ4n) is 4.30. The number of hydrogen-bond donors (Lipinski definition) is 0. The molecule has 5 nitrogen and oxygen atoms in total. The van der Waals surface area contributed by atoms with Crippen molar-refractivity contribution in [3.63, 3.8) is 0 Å². The highest BCUT2D eigenvalue weighted by molar-refractivity contribution is 5.80. The molecule has 1 aliphatic carbocycles. The molecule has 2 fully saturated rings. The fraction of sp³-hybridized carbons (Fsp3) is 0.522. The van der Waals surface area contributed by atoms with Gasteiger partial charge in [-0.3, -0.25) is 4.79 Å². The predicted molar refractivity (Wildman–Crippen MR) is 112 cm³/mol. The first-order valence-corrected chi connectivity index (χ1v) is 10.8. The normalized spacial score (nSPS) is 17.6. The van der Waals surface area contributed by atoms with Gasteiger partial charge in [0.1, 0.15) is 11.6 Å². The number of aromatic nitrogens is 2. The summed E-state index contributed by atoms with van der Waals surface area (Å²) in [6.45, 7) is 6.28. The topological polar surface area (TPSA) is 49.3 Å². The second-order valence-corrected chi connectivity index (χ2v) is 8.47. The van der Waals surface area contributed by atoms with Gasteiger partial charge in [-0.2, -0.15) is 13.2 Å². The molecule has 1 aromatic carbocycles. The summed E-state index contributed by atoms with van der Waals surface area (Å²) in [6, 6.07) is 5.42. The Labute approximate surface area is 180 Å². The highest BCUT2D eigenvalue weighted by atomic mass is 19.4. The summed E-state index contributed by atoms with van der Waals surface area (Å²) >= 11 is 0. The number of anilines is 1. The number of rotatable bonds is 4. The Morgan fingerprint density at radius 2 is 1.81 bits per heavy atom. The Morgan fingerprint density at radius 1 is 1.10 bits per heavy atom. The monoisotopic (exact) mass is 432 g/mol. The van der Waals surface area contributed by atoms with E-state index >= 15 is 0 Å². The minimum atomic E-state index is -4.37. The molecule has 0 radical (unpaired) electrons. The number of carbonyl (C=O) groups excluding carboxylic acids is 1. The third-order valence-corrected chi connectivity index (χ3v) is 6.28. The van der Waals surface area contributed by atoms with Crippen molar-refractivity contribution < 1.29 is 18.0 Å². The van der Waals surface area contributed by atoms with Gasteiger partial charge in [0.15, 0.2) is 0 Å². The van der Waals surface area contributed by atoms with Crippen LogP contribution in [-0.2, 0) is 17.4 Å². The number of piperazine rings is 1. The lowest BCUT2D eigenvalue weighted by molar-refractivity contribution is -0.138. The van der Waals surface area contributed by atoms with E-state index in [9.17, 15) is 18.0 Å². The van der Waals surface area contributed by atoms with Gasteiger partial charge in [-0.1, -0.05) is 24.6 Å². The van der Waals surface area contributed by atoms with Gasteiger partial charge in [-0.25, -0.2) is 9.97 Å². The largest absolute Gasteiger partial charge is 0.416 e. The molecule has 4 rings (SSSR count). The molecule has 8 heteroatoms. The third-order valence-electron chi connectivity index (χ3n) is 6.28. The zero-order valence-corrected chi connectivity index (χ0v) is 17.9. The minimum Gasteiger partial charge on any atom is -0.353 e. The van der Waals surface area contributed by atoms with Crippen LogP contribution in [0.15, 0.2) is 24.3 Å². The first-order valence-electron chi connectivity index (χ1n) is 10.8. The van der Waals surface area contributed by atoms with Gasteiger partial charge in [0.05, 0.1) is 5.56 Å². The first-order chi connectivity index (χ1) is 14.7. The van der Waals surface area contributed by atoms with E-state index in [1.54, 1.807) is 6.07 Å². The van der Waals surface area contributed by atoms with Crippen molar-refractivity contribution in [3.8, 4) is 0 Å². The van der Waals surface area contributed by atoms with E-state index in [1.807, 2.05) is 18.7 Å². The second kappa shape index (κ2) is 8.48. The van der Waals surface area contributed by atoms with Crippen LogP contribution in [0.2, 0.25) is 0 Å². The maximum absolute atomic E-state index is 13.1. The average Bonchev–Trinajstić information content (AvgIpc) is 2.68. The molecule has 2 heterocycles. The van der Waals surface area contributed by atoms with E-state index in [4.69, 9.17) is 0 Å². The summed E-state index contributed by atoms with van der Waals surface area (Å²) in [5.74, 6) is 1.84. The first kappa shape index (κ1) is 21.6. The van der Waals surface area contributed by atoms with E-state index in [0.717, 1.165) is 42.4 Å². The molecule has 2 aliphatic rings. The van der Waals surface area contributed by atoms with Crippen LogP contribution < -0.4 is 4.90 Å². The highest BCUT2D eigenvalue weighted by Gasteiger charge is 2.33.